The SMILES string of the molecule is CC1CN(C2CC(C3=C4C=NC=C[N+]4(N)C(c4ccc5ccc(-c6ccccc6)nc5c4)=N3)C2)CC(C)O1. The minimum Gasteiger partial charge on any atom is -0.373 e. The summed E-state index contributed by atoms with van der Waals surface area (Å²) < 4.78 is 6.00. The third kappa shape index (κ3) is 3.94. The molecule has 1 saturated carbocycles. The van der Waals surface area contributed by atoms with Gasteiger partial charge in [-0.25, -0.2) is 4.98 Å². The molecule has 3 atom stereocenters. The highest BCUT2D eigenvalue weighted by molar-refractivity contribution is 6.02. The van der Waals surface area contributed by atoms with E-state index in [0.29, 0.717) is 12.0 Å². The summed E-state index contributed by atoms with van der Waals surface area (Å²) >= 11 is 0. The number of hydrogen-bond donors (Lipinski definition) is 1. The second kappa shape index (κ2) is 9.06. The van der Waals surface area contributed by atoms with E-state index in [1.165, 1.54) is 0 Å². The molecule has 192 valence electrons. The number of aromatic nitrogens is 1. The summed E-state index contributed by atoms with van der Waals surface area (Å²) in [6, 6.07) is 21.4. The maximum Gasteiger partial charge on any atom is 0.264 e. The molecule has 1 aliphatic carbocycles. The number of ether oxygens (including phenoxy) is 1. The number of benzene rings is 2. The van der Waals surface area contributed by atoms with Gasteiger partial charge in [0.2, 0.25) is 5.70 Å². The summed E-state index contributed by atoms with van der Waals surface area (Å²) in [5.41, 5.74) is 6.02. The molecule has 38 heavy (non-hydrogen) atoms. The first kappa shape index (κ1) is 23.6. The third-order valence-corrected chi connectivity index (χ3v) is 8.31. The lowest BCUT2D eigenvalue weighted by atomic mass is 9.76. The highest BCUT2D eigenvalue weighted by Crippen LogP contribution is 2.44. The summed E-state index contributed by atoms with van der Waals surface area (Å²) in [5, 5.41) is 1.09. The Hall–Kier alpha value is -3.49. The first-order valence-corrected chi connectivity index (χ1v) is 13.6. The van der Waals surface area contributed by atoms with E-state index in [1.807, 2.05) is 30.6 Å². The molecule has 0 spiro atoms. The van der Waals surface area contributed by atoms with E-state index in [0.717, 1.165) is 70.9 Å². The van der Waals surface area contributed by atoms with Crippen LogP contribution >= 0.6 is 0 Å². The Balaban J connectivity index is 1.20. The van der Waals surface area contributed by atoms with Gasteiger partial charge in [0, 0.05) is 36.0 Å². The number of morpholine rings is 1. The van der Waals surface area contributed by atoms with Gasteiger partial charge in [-0.05, 0) is 44.9 Å². The van der Waals surface area contributed by atoms with Crippen LogP contribution in [-0.2, 0) is 4.74 Å². The lowest BCUT2D eigenvalue weighted by Crippen LogP contribution is -2.55. The zero-order valence-corrected chi connectivity index (χ0v) is 21.9. The molecule has 7 nitrogen and oxygen atoms in total. The standard InChI is InChI=1S/C31H33N6O/c1-20-18-36(19-21(2)38-20)26-14-25(15-26)30-29-17-33-12-13-37(29,32)31(35-30)24-9-8-23-10-11-27(34-28(23)16-24)22-6-4-3-5-7-22/h3-13,16-17,20-21,25-26H,14-15,18-19,32H2,1-2H3/q+1. The number of hydrogen-bond acceptors (Lipinski definition) is 6. The maximum atomic E-state index is 7.05. The van der Waals surface area contributed by atoms with Crippen LogP contribution in [0, 0.1) is 5.92 Å². The van der Waals surface area contributed by atoms with Gasteiger partial charge in [0.1, 0.15) is 11.9 Å². The van der Waals surface area contributed by atoms with E-state index >= 15 is 0 Å². The van der Waals surface area contributed by atoms with Crippen LogP contribution in [0.1, 0.15) is 32.3 Å². The predicted molar refractivity (Wildman–Crippen MR) is 151 cm³/mol. The molecule has 3 aromatic rings. The summed E-state index contributed by atoms with van der Waals surface area (Å²) in [5.74, 6) is 8.25. The molecular weight excluding hydrogens is 472 g/mol. The molecule has 7 heteroatoms. The molecule has 0 radical (unpaired) electrons. The number of nitrogens with zero attached hydrogens (tertiary/aromatic N) is 5. The van der Waals surface area contributed by atoms with E-state index in [9.17, 15) is 0 Å². The Morgan fingerprint density at radius 2 is 1.71 bits per heavy atom. The van der Waals surface area contributed by atoms with Crippen LogP contribution in [-0.4, -0.2) is 57.9 Å². The van der Waals surface area contributed by atoms with Crippen molar-refractivity contribution in [1.82, 2.24) is 9.88 Å². The molecular formula is C31H33N6O+. The molecule has 4 aliphatic rings. The number of pyridine rings is 1. The van der Waals surface area contributed by atoms with E-state index in [-0.39, 0.29) is 16.8 Å². The molecule has 3 aliphatic heterocycles. The molecule has 3 unspecified atom stereocenters. The molecule has 1 aromatic heterocycles. The van der Waals surface area contributed by atoms with Crippen molar-refractivity contribution in [3.8, 4) is 11.3 Å². The Kier molecular flexibility index (Phi) is 5.63. The molecule has 4 heterocycles. The zero-order chi connectivity index (χ0) is 25.9. The van der Waals surface area contributed by atoms with Crippen LogP contribution in [0.25, 0.3) is 22.2 Å². The quantitative estimate of drug-likeness (QED) is 0.400. The van der Waals surface area contributed by atoms with Crippen molar-refractivity contribution < 1.29 is 9.33 Å². The number of aliphatic imine (C=N–C) groups is 2. The van der Waals surface area contributed by atoms with E-state index in [2.05, 4.69) is 66.2 Å². The Labute approximate surface area is 223 Å². The summed E-state index contributed by atoms with van der Waals surface area (Å²) in [6.07, 6.45) is 8.34. The minimum atomic E-state index is 0.0511. The predicted octanol–water partition coefficient (Wildman–Crippen LogP) is 5.01. The van der Waals surface area contributed by atoms with E-state index in [4.69, 9.17) is 20.6 Å². The van der Waals surface area contributed by atoms with Crippen molar-refractivity contribution in [1.29, 1.82) is 0 Å². The molecule has 2 aromatic carbocycles. The van der Waals surface area contributed by atoms with Crippen LogP contribution in [0.5, 0.6) is 0 Å². The topological polar surface area (TPSA) is 76.1 Å². The van der Waals surface area contributed by atoms with E-state index in [1.54, 1.807) is 6.20 Å². The first-order chi connectivity index (χ1) is 18.5. The number of nitrogens with two attached hydrogens (primary N) is 1. The van der Waals surface area contributed by atoms with Gasteiger partial charge in [0.15, 0.2) is 0 Å². The Bertz CT molecular complexity index is 1510. The van der Waals surface area contributed by atoms with Gasteiger partial charge >= 0.3 is 0 Å². The number of rotatable bonds is 4. The van der Waals surface area contributed by atoms with Crippen LogP contribution in [0.15, 0.2) is 94.4 Å². The fraction of sp³-hybridized carbons (Fsp3) is 0.323. The van der Waals surface area contributed by atoms with Crippen molar-refractivity contribution in [2.75, 3.05) is 13.1 Å². The van der Waals surface area contributed by atoms with Gasteiger partial charge < -0.3 is 4.74 Å². The van der Waals surface area contributed by atoms with Crippen molar-refractivity contribution in [3.63, 3.8) is 0 Å². The molecule has 2 N–H and O–H groups in total. The first-order valence-electron chi connectivity index (χ1n) is 13.6. The summed E-state index contributed by atoms with van der Waals surface area (Å²) in [4.78, 5) is 17.2. The molecule has 0 bridgehead atoms. The third-order valence-electron chi connectivity index (χ3n) is 8.31. The van der Waals surface area contributed by atoms with Crippen LogP contribution in [0.4, 0.5) is 0 Å². The second-order valence-electron chi connectivity index (χ2n) is 11.1. The lowest BCUT2D eigenvalue weighted by molar-refractivity contribution is -0.750. The van der Waals surface area contributed by atoms with Gasteiger partial charge in [-0.2, -0.15) is 10.8 Å². The highest BCUT2D eigenvalue weighted by Gasteiger charge is 2.49. The van der Waals surface area contributed by atoms with Gasteiger partial charge in [0.05, 0.1) is 41.4 Å². The largest absolute Gasteiger partial charge is 0.373 e. The number of amidine groups is 1. The number of quaternary nitrogens is 1. The fourth-order valence-electron chi connectivity index (χ4n) is 6.36. The Morgan fingerprint density at radius 3 is 2.50 bits per heavy atom. The maximum absolute atomic E-state index is 7.05. The van der Waals surface area contributed by atoms with Crippen LogP contribution in [0.2, 0.25) is 0 Å². The fourth-order valence-corrected chi connectivity index (χ4v) is 6.36. The van der Waals surface area contributed by atoms with Gasteiger partial charge in [0.25, 0.3) is 5.84 Å². The van der Waals surface area contributed by atoms with Crippen molar-refractivity contribution in [2.45, 2.75) is 44.9 Å². The van der Waals surface area contributed by atoms with Gasteiger partial charge in [-0.15, -0.1) is 4.59 Å². The van der Waals surface area contributed by atoms with Crippen LogP contribution < -0.4 is 5.84 Å². The molecule has 2 fully saturated rings. The monoisotopic (exact) mass is 505 g/mol. The molecule has 1 saturated heterocycles. The van der Waals surface area contributed by atoms with Gasteiger partial charge in [-0.1, -0.05) is 42.5 Å². The highest BCUT2D eigenvalue weighted by atomic mass is 16.5. The smallest absolute Gasteiger partial charge is 0.264 e. The molecule has 0 amide bonds. The number of allylic oxidation sites excluding steroid dienone is 2. The van der Waals surface area contributed by atoms with Crippen molar-refractivity contribution >= 4 is 23.0 Å². The lowest BCUT2D eigenvalue weighted by Gasteiger charge is -2.47. The summed E-state index contributed by atoms with van der Waals surface area (Å²) in [6.45, 7) is 6.34. The van der Waals surface area contributed by atoms with Crippen molar-refractivity contribution in [2.24, 2.45) is 21.7 Å². The minimum absolute atomic E-state index is 0.0511. The number of fused-ring (bicyclic) bond motifs is 2. The van der Waals surface area contributed by atoms with E-state index < -0.39 is 0 Å². The van der Waals surface area contributed by atoms with Crippen molar-refractivity contribution in [3.05, 3.63) is 90.0 Å². The second-order valence-corrected chi connectivity index (χ2v) is 11.1. The summed E-state index contributed by atoms with van der Waals surface area (Å²) in [7, 11) is 0. The molecule has 7 rings (SSSR count). The zero-order valence-electron chi connectivity index (χ0n) is 21.9. The van der Waals surface area contributed by atoms with Crippen LogP contribution in [0.3, 0.4) is 0 Å². The normalized spacial score (nSPS) is 30.9. The average Bonchev–Trinajstić information content (AvgIpc) is 3.20. The Morgan fingerprint density at radius 1 is 0.947 bits per heavy atom. The van der Waals surface area contributed by atoms with Gasteiger partial charge in [-0.3, -0.25) is 9.89 Å². The average molecular weight is 506 g/mol.